The van der Waals surface area contributed by atoms with Gasteiger partial charge in [0.15, 0.2) is 11.5 Å². The first-order valence-electron chi connectivity index (χ1n) is 7.12. The van der Waals surface area contributed by atoms with Crippen molar-refractivity contribution in [1.29, 1.82) is 0 Å². The van der Waals surface area contributed by atoms with Crippen molar-refractivity contribution >= 4 is 46.3 Å². The minimum absolute atomic E-state index is 0.167. The predicted octanol–water partition coefficient (Wildman–Crippen LogP) is 1.05. The number of hydrogen-bond acceptors (Lipinski definition) is 8. The smallest absolute Gasteiger partial charge is 0.266 e. The van der Waals surface area contributed by atoms with E-state index in [-0.39, 0.29) is 4.32 Å². The fraction of sp³-hybridized carbons (Fsp3) is 0.312. The van der Waals surface area contributed by atoms with E-state index >= 15 is 0 Å². The van der Waals surface area contributed by atoms with E-state index in [0.29, 0.717) is 27.7 Å². The SMILES string of the molecule is COc1cc(C=C2SC(=S)N([C@H](C)C(=O)[O-])C2=O)cc(OC)c1OC. The summed E-state index contributed by atoms with van der Waals surface area (Å²) in [4.78, 5) is 24.8. The number of nitrogens with zero attached hydrogens (tertiary/aromatic N) is 1. The van der Waals surface area contributed by atoms with E-state index in [1.165, 1.54) is 28.3 Å². The van der Waals surface area contributed by atoms with Gasteiger partial charge in [-0.05, 0) is 30.7 Å². The zero-order valence-corrected chi connectivity index (χ0v) is 15.7. The van der Waals surface area contributed by atoms with Crippen LogP contribution in [-0.4, -0.2) is 48.5 Å². The molecule has 9 heteroatoms. The first-order chi connectivity index (χ1) is 11.8. The van der Waals surface area contributed by atoms with Crippen molar-refractivity contribution in [2.24, 2.45) is 0 Å². The molecule has 1 amide bonds. The van der Waals surface area contributed by atoms with E-state index in [1.54, 1.807) is 18.2 Å². The van der Waals surface area contributed by atoms with Crippen molar-refractivity contribution in [3.63, 3.8) is 0 Å². The Hall–Kier alpha value is -2.26. The van der Waals surface area contributed by atoms with Crippen LogP contribution in [0.3, 0.4) is 0 Å². The summed E-state index contributed by atoms with van der Waals surface area (Å²) in [6.45, 7) is 1.35. The van der Waals surface area contributed by atoms with Gasteiger partial charge < -0.3 is 24.1 Å². The van der Waals surface area contributed by atoms with Gasteiger partial charge >= 0.3 is 0 Å². The van der Waals surface area contributed by atoms with Crippen molar-refractivity contribution in [3.05, 3.63) is 22.6 Å². The summed E-state index contributed by atoms with van der Waals surface area (Å²) in [7, 11) is 4.47. The van der Waals surface area contributed by atoms with Gasteiger partial charge in [-0.25, -0.2) is 0 Å². The molecule has 0 spiro atoms. The molecule has 0 radical (unpaired) electrons. The third-order valence-electron chi connectivity index (χ3n) is 3.54. The van der Waals surface area contributed by atoms with Gasteiger partial charge in [-0.15, -0.1) is 0 Å². The van der Waals surface area contributed by atoms with Crippen LogP contribution in [0.2, 0.25) is 0 Å². The molecule has 1 aliphatic heterocycles. The number of carboxylic acids is 1. The fourth-order valence-electron chi connectivity index (χ4n) is 2.26. The highest BCUT2D eigenvalue weighted by atomic mass is 32.2. The van der Waals surface area contributed by atoms with Crippen LogP contribution in [0.1, 0.15) is 12.5 Å². The molecule has 1 aliphatic rings. The Morgan fingerprint density at radius 3 is 2.24 bits per heavy atom. The molecular formula is C16H16NO6S2-. The first kappa shape index (κ1) is 19.1. The quantitative estimate of drug-likeness (QED) is 0.533. The van der Waals surface area contributed by atoms with Crippen molar-refractivity contribution < 1.29 is 28.9 Å². The molecule has 1 aromatic rings. The number of methoxy groups -OCH3 is 3. The molecule has 1 atom stereocenters. The van der Waals surface area contributed by atoms with E-state index in [1.807, 2.05) is 0 Å². The van der Waals surface area contributed by atoms with E-state index in [9.17, 15) is 14.7 Å². The molecule has 25 heavy (non-hydrogen) atoms. The second-order valence-corrected chi connectivity index (χ2v) is 6.68. The number of carbonyl (C=O) groups is 2. The second kappa shape index (κ2) is 7.75. The molecule has 134 valence electrons. The lowest BCUT2D eigenvalue weighted by Gasteiger charge is -2.23. The summed E-state index contributed by atoms with van der Waals surface area (Å²) < 4.78 is 16.0. The molecular weight excluding hydrogens is 366 g/mol. The van der Waals surface area contributed by atoms with Crippen molar-refractivity contribution in [3.8, 4) is 17.2 Å². The Bertz CT molecular complexity index is 736. The van der Waals surface area contributed by atoms with Gasteiger partial charge in [0.2, 0.25) is 5.75 Å². The van der Waals surface area contributed by atoms with Crippen LogP contribution in [0.5, 0.6) is 17.2 Å². The molecule has 1 fully saturated rings. The minimum Gasteiger partial charge on any atom is -0.548 e. The zero-order valence-electron chi connectivity index (χ0n) is 14.0. The molecule has 0 aliphatic carbocycles. The lowest BCUT2D eigenvalue weighted by atomic mass is 10.1. The Labute approximate surface area is 154 Å². The Morgan fingerprint density at radius 2 is 1.80 bits per heavy atom. The summed E-state index contributed by atoms with van der Waals surface area (Å²) in [5.41, 5.74) is 0.621. The molecule has 0 bridgehead atoms. The maximum absolute atomic E-state index is 12.5. The topological polar surface area (TPSA) is 88.1 Å². The van der Waals surface area contributed by atoms with Crippen LogP contribution in [0.15, 0.2) is 17.0 Å². The highest BCUT2D eigenvalue weighted by Crippen LogP contribution is 2.40. The summed E-state index contributed by atoms with van der Waals surface area (Å²) in [5, 5.41) is 11.0. The highest BCUT2D eigenvalue weighted by molar-refractivity contribution is 8.26. The third kappa shape index (κ3) is 3.72. The molecule has 1 saturated heterocycles. The average molecular weight is 382 g/mol. The number of ether oxygens (including phenoxy) is 3. The molecule has 0 saturated carbocycles. The number of benzene rings is 1. The van der Waals surface area contributed by atoms with Crippen LogP contribution < -0.4 is 19.3 Å². The lowest BCUT2D eigenvalue weighted by Crippen LogP contribution is -2.48. The average Bonchev–Trinajstić information content (AvgIpc) is 2.86. The van der Waals surface area contributed by atoms with Gasteiger partial charge in [0.1, 0.15) is 4.32 Å². The van der Waals surface area contributed by atoms with Crippen LogP contribution in [0.4, 0.5) is 0 Å². The van der Waals surface area contributed by atoms with Gasteiger partial charge in [0.25, 0.3) is 5.91 Å². The number of thiocarbonyl (C=S) groups is 1. The molecule has 0 N–H and O–H groups in total. The number of hydrogen-bond donors (Lipinski definition) is 0. The number of thioether (sulfide) groups is 1. The molecule has 2 rings (SSSR count). The summed E-state index contributed by atoms with van der Waals surface area (Å²) in [6.07, 6.45) is 1.59. The van der Waals surface area contributed by atoms with Crippen molar-refractivity contribution in [1.82, 2.24) is 4.90 Å². The van der Waals surface area contributed by atoms with E-state index < -0.39 is 17.9 Å². The summed E-state index contributed by atoms with van der Waals surface area (Å²) >= 11 is 6.13. The summed E-state index contributed by atoms with van der Waals surface area (Å²) in [5.74, 6) is -0.551. The van der Waals surface area contributed by atoms with Gasteiger partial charge in [0.05, 0.1) is 38.2 Å². The van der Waals surface area contributed by atoms with Crippen LogP contribution in [0.25, 0.3) is 6.08 Å². The van der Waals surface area contributed by atoms with Gasteiger partial charge in [-0.3, -0.25) is 9.69 Å². The lowest BCUT2D eigenvalue weighted by molar-refractivity contribution is -0.309. The van der Waals surface area contributed by atoms with Crippen LogP contribution in [-0.2, 0) is 9.59 Å². The Kier molecular flexibility index (Phi) is 5.91. The molecule has 7 nitrogen and oxygen atoms in total. The van der Waals surface area contributed by atoms with Gasteiger partial charge in [0, 0.05) is 0 Å². The van der Waals surface area contributed by atoms with Gasteiger partial charge in [-0.2, -0.15) is 0 Å². The Morgan fingerprint density at radius 1 is 1.24 bits per heavy atom. The fourth-order valence-corrected chi connectivity index (χ4v) is 3.67. The molecule has 0 aromatic heterocycles. The number of amides is 1. The van der Waals surface area contributed by atoms with E-state index in [2.05, 4.69) is 0 Å². The number of carboxylic acid groups (broad SMARTS) is 1. The minimum atomic E-state index is -1.37. The summed E-state index contributed by atoms with van der Waals surface area (Å²) in [6, 6.07) is 2.21. The largest absolute Gasteiger partial charge is 0.548 e. The molecule has 1 aromatic carbocycles. The van der Waals surface area contributed by atoms with E-state index in [4.69, 9.17) is 26.4 Å². The first-order valence-corrected chi connectivity index (χ1v) is 8.34. The maximum Gasteiger partial charge on any atom is 0.266 e. The standard InChI is InChI=1S/C16H17NO6S2/c1-8(15(19)20)17-14(18)12(25-16(17)24)7-9-5-10(21-2)13(23-4)11(6-9)22-3/h5-8H,1-4H3,(H,19,20)/p-1/t8-/m1/s1. The zero-order chi connectivity index (χ0) is 18.7. The number of carbonyl (C=O) groups excluding carboxylic acids is 2. The van der Waals surface area contributed by atoms with E-state index in [0.717, 1.165) is 16.7 Å². The molecule has 0 unspecified atom stereocenters. The second-order valence-electron chi connectivity index (χ2n) is 5.01. The van der Waals surface area contributed by atoms with Crippen molar-refractivity contribution in [2.75, 3.05) is 21.3 Å². The normalized spacial score (nSPS) is 17.0. The van der Waals surface area contributed by atoms with Crippen LogP contribution >= 0.6 is 24.0 Å². The highest BCUT2D eigenvalue weighted by Gasteiger charge is 2.35. The van der Waals surface area contributed by atoms with Gasteiger partial charge in [-0.1, -0.05) is 24.0 Å². The van der Waals surface area contributed by atoms with Crippen molar-refractivity contribution in [2.45, 2.75) is 13.0 Å². The van der Waals surface area contributed by atoms with Crippen LogP contribution in [0, 0.1) is 0 Å². The Balaban J connectivity index is 2.43. The number of aliphatic carboxylic acids is 1. The number of rotatable bonds is 6. The monoisotopic (exact) mass is 382 g/mol. The molecule has 1 heterocycles. The maximum atomic E-state index is 12.5. The predicted molar refractivity (Wildman–Crippen MR) is 95.6 cm³/mol. The third-order valence-corrected chi connectivity index (χ3v) is 4.87.